The summed E-state index contributed by atoms with van der Waals surface area (Å²) < 4.78 is 2.17. The molecule has 0 bridgehead atoms. The van der Waals surface area contributed by atoms with E-state index in [2.05, 4.69) is 28.4 Å². The fourth-order valence-corrected chi connectivity index (χ4v) is 2.30. The average molecular weight is 286 g/mol. The van der Waals surface area contributed by atoms with Crippen LogP contribution >= 0.6 is 23.2 Å². The van der Waals surface area contributed by atoms with Gasteiger partial charge >= 0.3 is 0 Å². The number of rotatable bonds is 5. The second kappa shape index (κ2) is 5.91. The van der Waals surface area contributed by atoms with E-state index in [0.29, 0.717) is 10.9 Å². The maximum absolute atomic E-state index is 5.98. The lowest BCUT2D eigenvalue weighted by molar-refractivity contribution is 0.335. The molecular formula is C13H17Cl2N3. The Kier molecular flexibility index (Phi) is 4.49. The molecule has 98 valence electrons. The summed E-state index contributed by atoms with van der Waals surface area (Å²) in [5, 5.41) is 0.707. The molecule has 0 saturated heterocycles. The molecule has 0 aliphatic rings. The molecule has 2 rings (SSSR count). The van der Waals surface area contributed by atoms with E-state index < -0.39 is 0 Å². The number of nitrogens with zero attached hydrogens (tertiary/aromatic N) is 3. The van der Waals surface area contributed by atoms with Crippen LogP contribution in [-0.4, -0.2) is 34.6 Å². The van der Waals surface area contributed by atoms with Gasteiger partial charge in [-0.05, 0) is 31.8 Å². The lowest BCUT2D eigenvalue weighted by Crippen LogP contribution is -2.23. The Hall–Kier alpha value is -0.770. The predicted octanol–water partition coefficient (Wildman–Crippen LogP) is 3.38. The van der Waals surface area contributed by atoms with Crippen LogP contribution in [0, 0.1) is 0 Å². The van der Waals surface area contributed by atoms with Gasteiger partial charge in [0.15, 0.2) is 0 Å². The number of hydrogen-bond acceptors (Lipinski definition) is 2. The number of benzene rings is 1. The van der Waals surface area contributed by atoms with Gasteiger partial charge in [-0.1, -0.05) is 18.5 Å². The van der Waals surface area contributed by atoms with E-state index in [1.807, 2.05) is 18.2 Å². The van der Waals surface area contributed by atoms with Crippen LogP contribution in [0.1, 0.15) is 12.7 Å². The van der Waals surface area contributed by atoms with Crippen molar-refractivity contribution in [3.8, 4) is 0 Å². The van der Waals surface area contributed by atoms with E-state index >= 15 is 0 Å². The number of fused-ring (bicyclic) bond motifs is 1. The largest absolute Gasteiger partial charge is 0.326 e. The van der Waals surface area contributed by atoms with Gasteiger partial charge < -0.3 is 9.47 Å². The van der Waals surface area contributed by atoms with E-state index in [1.54, 1.807) is 0 Å². The first-order valence-electron chi connectivity index (χ1n) is 6.05. The molecule has 0 atom stereocenters. The molecular weight excluding hydrogens is 269 g/mol. The van der Waals surface area contributed by atoms with Gasteiger partial charge in [-0.15, -0.1) is 11.6 Å². The Bertz CT molecular complexity index is 536. The molecule has 0 radical (unpaired) electrons. The molecule has 1 aromatic carbocycles. The maximum atomic E-state index is 5.98. The number of alkyl halides is 1. The summed E-state index contributed by atoms with van der Waals surface area (Å²) in [6.45, 7) is 5.06. The van der Waals surface area contributed by atoms with E-state index in [0.717, 1.165) is 36.5 Å². The van der Waals surface area contributed by atoms with Crippen LogP contribution < -0.4 is 0 Å². The first-order valence-corrected chi connectivity index (χ1v) is 6.96. The fourth-order valence-electron chi connectivity index (χ4n) is 1.93. The highest BCUT2D eigenvalue weighted by Gasteiger charge is 2.10. The van der Waals surface area contributed by atoms with Gasteiger partial charge in [-0.3, -0.25) is 0 Å². The lowest BCUT2D eigenvalue weighted by Gasteiger charge is -2.15. The molecule has 18 heavy (non-hydrogen) atoms. The van der Waals surface area contributed by atoms with Gasteiger partial charge in [-0.25, -0.2) is 4.98 Å². The summed E-state index contributed by atoms with van der Waals surface area (Å²) in [7, 11) is 2.11. The summed E-state index contributed by atoms with van der Waals surface area (Å²) in [4.78, 5) is 6.79. The monoisotopic (exact) mass is 285 g/mol. The summed E-state index contributed by atoms with van der Waals surface area (Å²) in [6, 6.07) is 5.78. The molecule has 0 saturated carbocycles. The Morgan fingerprint density at radius 2 is 2.17 bits per heavy atom. The van der Waals surface area contributed by atoms with E-state index in [9.17, 15) is 0 Å². The van der Waals surface area contributed by atoms with Crippen LogP contribution in [0.5, 0.6) is 0 Å². The minimum absolute atomic E-state index is 0.419. The van der Waals surface area contributed by atoms with E-state index in [1.165, 1.54) is 0 Å². The molecule has 1 heterocycles. The van der Waals surface area contributed by atoms with Crippen molar-refractivity contribution in [3.63, 3.8) is 0 Å². The maximum Gasteiger partial charge on any atom is 0.124 e. The number of aromatic nitrogens is 2. The van der Waals surface area contributed by atoms with Crippen molar-refractivity contribution in [3.05, 3.63) is 29.0 Å². The van der Waals surface area contributed by atoms with Gasteiger partial charge in [0.1, 0.15) is 5.82 Å². The smallest absolute Gasteiger partial charge is 0.124 e. The second-order valence-electron chi connectivity index (χ2n) is 4.34. The van der Waals surface area contributed by atoms with Crippen molar-refractivity contribution in [2.24, 2.45) is 0 Å². The van der Waals surface area contributed by atoms with E-state index in [4.69, 9.17) is 23.2 Å². The summed E-state index contributed by atoms with van der Waals surface area (Å²) in [5.74, 6) is 1.32. The first-order chi connectivity index (χ1) is 8.65. The molecule has 2 aromatic rings. The highest BCUT2D eigenvalue weighted by molar-refractivity contribution is 6.31. The van der Waals surface area contributed by atoms with Crippen molar-refractivity contribution >= 4 is 34.2 Å². The summed E-state index contributed by atoms with van der Waals surface area (Å²) in [6.07, 6.45) is 0. The second-order valence-corrected chi connectivity index (χ2v) is 5.05. The zero-order chi connectivity index (χ0) is 13.1. The highest BCUT2D eigenvalue weighted by Crippen LogP contribution is 2.21. The van der Waals surface area contributed by atoms with Gasteiger partial charge in [0, 0.05) is 18.1 Å². The Balaban J connectivity index is 2.34. The van der Waals surface area contributed by atoms with Crippen molar-refractivity contribution in [2.45, 2.75) is 19.3 Å². The van der Waals surface area contributed by atoms with Crippen molar-refractivity contribution in [1.82, 2.24) is 14.5 Å². The molecule has 0 N–H and O–H groups in total. The standard InChI is InChI=1S/C13H17Cl2N3/c1-3-17(2)6-7-18-12-5-4-10(15)8-11(12)16-13(18)9-14/h4-5,8H,3,6-7,9H2,1-2H3. The molecule has 3 nitrogen and oxygen atoms in total. The molecule has 0 spiro atoms. The number of imidazole rings is 1. The molecule has 1 aromatic heterocycles. The molecule has 0 unspecified atom stereocenters. The molecule has 0 aliphatic carbocycles. The third kappa shape index (κ3) is 2.79. The third-order valence-electron chi connectivity index (χ3n) is 3.15. The van der Waals surface area contributed by atoms with Crippen molar-refractivity contribution < 1.29 is 0 Å². The van der Waals surface area contributed by atoms with Gasteiger partial charge in [0.2, 0.25) is 0 Å². The van der Waals surface area contributed by atoms with Crippen LogP contribution in [-0.2, 0) is 12.4 Å². The Labute approximate surface area is 117 Å². The normalized spacial score (nSPS) is 11.6. The number of likely N-dealkylation sites (N-methyl/N-ethyl adjacent to an activating group) is 1. The quantitative estimate of drug-likeness (QED) is 0.786. The Morgan fingerprint density at radius 3 is 2.83 bits per heavy atom. The lowest BCUT2D eigenvalue weighted by atomic mass is 10.3. The minimum atomic E-state index is 0.419. The fraction of sp³-hybridized carbons (Fsp3) is 0.462. The van der Waals surface area contributed by atoms with Gasteiger partial charge in [-0.2, -0.15) is 0 Å². The SMILES string of the molecule is CCN(C)CCn1c(CCl)nc2cc(Cl)ccc21. The van der Waals surface area contributed by atoms with Crippen LogP contribution in [0.3, 0.4) is 0 Å². The molecule has 5 heteroatoms. The summed E-state index contributed by atoms with van der Waals surface area (Å²) in [5.41, 5.74) is 2.01. The van der Waals surface area contributed by atoms with Crippen molar-refractivity contribution in [1.29, 1.82) is 0 Å². The predicted molar refractivity (Wildman–Crippen MR) is 77.5 cm³/mol. The third-order valence-corrected chi connectivity index (χ3v) is 3.63. The first kappa shape index (κ1) is 13.7. The summed E-state index contributed by atoms with van der Waals surface area (Å²) >= 11 is 11.9. The number of halogens is 2. The average Bonchev–Trinajstić information content (AvgIpc) is 2.72. The minimum Gasteiger partial charge on any atom is -0.326 e. The topological polar surface area (TPSA) is 21.1 Å². The van der Waals surface area contributed by atoms with Gasteiger partial charge in [0.05, 0.1) is 16.9 Å². The van der Waals surface area contributed by atoms with Crippen molar-refractivity contribution in [2.75, 3.05) is 20.1 Å². The van der Waals surface area contributed by atoms with Crippen LogP contribution in [0.15, 0.2) is 18.2 Å². The van der Waals surface area contributed by atoms with Crippen LogP contribution in [0.2, 0.25) is 5.02 Å². The molecule has 0 fully saturated rings. The molecule has 0 amide bonds. The van der Waals surface area contributed by atoms with Gasteiger partial charge in [0.25, 0.3) is 0 Å². The zero-order valence-electron chi connectivity index (χ0n) is 10.7. The highest BCUT2D eigenvalue weighted by atomic mass is 35.5. The Morgan fingerprint density at radius 1 is 1.39 bits per heavy atom. The zero-order valence-corrected chi connectivity index (χ0v) is 12.2. The molecule has 0 aliphatic heterocycles. The van der Waals surface area contributed by atoms with Crippen LogP contribution in [0.25, 0.3) is 11.0 Å². The number of hydrogen-bond donors (Lipinski definition) is 0. The van der Waals surface area contributed by atoms with Crippen LogP contribution in [0.4, 0.5) is 0 Å². The van der Waals surface area contributed by atoms with E-state index in [-0.39, 0.29) is 0 Å².